The molecule has 0 bridgehead atoms. The number of amides is 1. The van der Waals surface area contributed by atoms with Crippen LogP contribution in [0.2, 0.25) is 0 Å². The number of aryl methyl sites for hydroxylation is 1. The minimum Gasteiger partial charge on any atom is -0.365 e. The van der Waals surface area contributed by atoms with E-state index in [4.69, 9.17) is 5.73 Å². The minimum atomic E-state index is 0.0879. The topological polar surface area (TPSA) is 70.9 Å². The van der Waals surface area contributed by atoms with Crippen molar-refractivity contribution in [3.05, 3.63) is 24.0 Å². The Hall–Kier alpha value is -1.29. The molecular weight excluding hydrogens is 190 g/mol. The normalized spacial score (nSPS) is 12.4. The van der Waals surface area contributed by atoms with E-state index in [0.29, 0.717) is 25.4 Å². The number of aromatic nitrogens is 1. The molecule has 0 spiro atoms. The van der Waals surface area contributed by atoms with Gasteiger partial charge in [0.1, 0.15) is 0 Å². The van der Waals surface area contributed by atoms with Gasteiger partial charge in [-0.15, -0.1) is 0 Å². The molecule has 0 aromatic carbocycles. The van der Waals surface area contributed by atoms with Crippen LogP contribution in [0.5, 0.6) is 0 Å². The highest BCUT2D eigenvalue weighted by atomic mass is 16.1. The number of hydrogen-bond acceptors (Lipinski definition) is 2. The number of H-pyrrole nitrogens is 1. The maximum atomic E-state index is 11.4. The number of carbonyl (C=O) groups is 1. The maximum Gasteiger partial charge on any atom is 0.220 e. The van der Waals surface area contributed by atoms with Gasteiger partial charge in [-0.3, -0.25) is 4.79 Å². The Morgan fingerprint density at radius 1 is 1.67 bits per heavy atom. The molecule has 1 aromatic rings. The zero-order chi connectivity index (χ0) is 11.1. The third kappa shape index (κ3) is 4.65. The van der Waals surface area contributed by atoms with Crippen molar-refractivity contribution in [2.45, 2.75) is 19.8 Å². The molecule has 1 atom stereocenters. The summed E-state index contributed by atoms with van der Waals surface area (Å²) in [5.74, 6) is 0.435. The summed E-state index contributed by atoms with van der Waals surface area (Å²) in [7, 11) is 0. The highest BCUT2D eigenvalue weighted by Crippen LogP contribution is 1.99. The Kier molecular flexibility index (Phi) is 4.90. The third-order valence-electron chi connectivity index (χ3n) is 2.33. The van der Waals surface area contributed by atoms with Crippen LogP contribution in [-0.4, -0.2) is 24.0 Å². The van der Waals surface area contributed by atoms with Crippen LogP contribution in [0.15, 0.2) is 18.3 Å². The SMILES string of the molecule is CC(CN)CNC(=O)CCc1ccc[nH]1. The lowest BCUT2D eigenvalue weighted by molar-refractivity contribution is -0.121. The monoisotopic (exact) mass is 209 g/mol. The molecule has 4 nitrogen and oxygen atoms in total. The number of rotatable bonds is 6. The van der Waals surface area contributed by atoms with Crippen LogP contribution in [0.25, 0.3) is 0 Å². The van der Waals surface area contributed by atoms with Crippen LogP contribution in [0.3, 0.4) is 0 Å². The largest absolute Gasteiger partial charge is 0.365 e. The highest BCUT2D eigenvalue weighted by Gasteiger charge is 2.04. The average molecular weight is 209 g/mol. The van der Waals surface area contributed by atoms with Crippen LogP contribution in [0.4, 0.5) is 0 Å². The van der Waals surface area contributed by atoms with Crippen LogP contribution in [0.1, 0.15) is 19.0 Å². The third-order valence-corrected chi connectivity index (χ3v) is 2.33. The molecule has 1 unspecified atom stereocenters. The van der Waals surface area contributed by atoms with Crippen molar-refractivity contribution in [1.29, 1.82) is 0 Å². The Morgan fingerprint density at radius 2 is 2.47 bits per heavy atom. The first-order valence-corrected chi connectivity index (χ1v) is 5.31. The number of nitrogens with one attached hydrogen (secondary N) is 2. The molecule has 0 fully saturated rings. The molecule has 0 saturated carbocycles. The molecule has 1 aromatic heterocycles. The molecule has 1 amide bonds. The molecule has 0 radical (unpaired) electrons. The van der Waals surface area contributed by atoms with Gasteiger partial charge < -0.3 is 16.0 Å². The second-order valence-corrected chi connectivity index (χ2v) is 3.84. The molecule has 0 aliphatic rings. The van der Waals surface area contributed by atoms with Gasteiger partial charge >= 0.3 is 0 Å². The van der Waals surface area contributed by atoms with E-state index < -0.39 is 0 Å². The van der Waals surface area contributed by atoms with E-state index in [9.17, 15) is 4.79 Å². The van der Waals surface area contributed by atoms with Gasteiger partial charge in [-0.05, 0) is 31.0 Å². The van der Waals surface area contributed by atoms with Crippen LogP contribution in [0, 0.1) is 5.92 Å². The predicted octanol–water partition coefficient (Wildman–Crippen LogP) is 0.658. The molecule has 4 heteroatoms. The predicted molar refractivity (Wildman–Crippen MR) is 60.3 cm³/mol. The van der Waals surface area contributed by atoms with Gasteiger partial charge in [-0.25, -0.2) is 0 Å². The van der Waals surface area contributed by atoms with Gasteiger partial charge in [0.15, 0.2) is 0 Å². The molecule has 0 aliphatic heterocycles. The lowest BCUT2D eigenvalue weighted by Crippen LogP contribution is -2.31. The van der Waals surface area contributed by atoms with E-state index in [1.165, 1.54) is 0 Å². The molecular formula is C11H19N3O. The molecule has 0 aliphatic carbocycles. The fraction of sp³-hybridized carbons (Fsp3) is 0.545. The van der Waals surface area contributed by atoms with Gasteiger partial charge in [0.2, 0.25) is 5.91 Å². The zero-order valence-electron chi connectivity index (χ0n) is 9.12. The molecule has 15 heavy (non-hydrogen) atoms. The Morgan fingerprint density at radius 3 is 3.07 bits per heavy atom. The standard InChI is InChI=1S/C11H19N3O/c1-9(7-12)8-14-11(15)5-4-10-3-2-6-13-10/h2-3,6,9,13H,4-5,7-8,12H2,1H3,(H,14,15). The summed E-state index contributed by atoms with van der Waals surface area (Å²) in [5.41, 5.74) is 6.55. The van der Waals surface area contributed by atoms with Crippen molar-refractivity contribution >= 4 is 5.91 Å². The second-order valence-electron chi connectivity index (χ2n) is 3.84. The molecule has 0 saturated heterocycles. The van der Waals surface area contributed by atoms with Crippen molar-refractivity contribution < 1.29 is 4.79 Å². The van der Waals surface area contributed by atoms with Crippen molar-refractivity contribution in [3.63, 3.8) is 0 Å². The fourth-order valence-corrected chi connectivity index (χ4v) is 1.23. The quantitative estimate of drug-likeness (QED) is 0.644. The molecule has 1 heterocycles. The fourth-order valence-electron chi connectivity index (χ4n) is 1.23. The van der Waals surface area contributed by atoms with Gasteiger partial charge in [0.25, 0.3) is 0 Å². The first-order valence-electron chi connectivity index (χ1n) is 5.31. The summed E-state index contributed by atoms with van der Waals surface area (Å²) in [4.78, 5) is 14.5. The molecule has 84 valence electrons. The lowest BCUT2D eigenvalue weighted by Gasteiger charge is -2.09. The Labute approximate surface area is 90.2 Å². The molecule has 1 rings (SSSR count). The van der Waals surface area contributed by atoms with Crippen molar-refractivity contribution in [2.24, 2.45) is 11.7 Å². The highest BCUT2D eigenvalue weighted by molar-refractivity contribution is 5.76. The van der Waals surface area contributed by atoms with Crippen molar-refractivity contribution in [1.82, 2.24) is 10.3 Å². The van der Waals surface area contributed by atoms with Crippen LogP contribution in [-0.2, 0) is 11.2 Å². The Balaban J connectivity index is 2.14. The smallest absolute Gasteiger partial charge is 0.220 e. The van der Waals surface area contributed by atoms with Gasteiger partial charge in [0.05, 0.1) is 0 Å². The zero-order valence-corrected chi connectivity index (χ0v) is 9.12. The van der Waals surface area contributed by atoms with Crippen molar-refractivity contribution in [2.75, 3.05) is 13.1 Å². The van der Waals surface area contributed by atoms with Crippen molar-refractivity contribution in [3.8, 4) is 0 Å². The maximum absolute atomic E-state index is 11.4. The summed E-state index contributed by atoms with van der Waals surface area (Å²) >= 11 is 0. The van der Waals surface area contributed by atoms with Gasteiger partial charge in [0, 0.05) is 24.9 Å². The van der Waals surface area contributed by atoms with E-state index >= 15 is 0 Å². The van der Waals surface area contributed by atoms with E-state index in [2.05, 4.69) is 10.3 Å². The summed E-state index contributed by atoms with van der Waals surface area (Å²) in [6, 6.07) is 3.92. The number of nitrogens with two attached hydrogens (primary N) is 1. The summed E-state index contributed by atoms with van der Waals surface area (Å²) in [6.45, 7) is 3.29. The molecule has 4 N–H and O–H groups in total. The minimum absolute atomic E-state index is 0.0879. The van der Waals surface area contributed by atoms with E-state index in [1.807, 2.05) is 25.3 Å². The van der Waals surface area contributed by atoms with E-state index in [-0.39, 0.29) is 5.91 Å². The number of hydrogen-bond donors (Lipinski definition) is 3. The second kappa shape index (κ2) is 6.24. The van der Waals surface area contributed by atoms with Crippen LogP contribution < -0.4 is 11.1 Å². The average Bonchev–Trinajstić information content (AvgIpc) is 2.75. The first-order chi connectivity index (χ1) is 7.22. The Bertz CT molecular complexity index is 282. The van der Waals surface area contributed by atoms with Crippen LogP contribution >= 0.6 is 0 Å². The summed E-state index contributed by atoms with van der Waals surface area (Å²) in [5, 5.41) is 2.86. The van der Waals surface area contributed by atoms with E-state index in [1.54, 1.807) is 0 Å². The van der Waals surface area contributed by atoms with Gasteiger partial charge in [-0.1, -0.05) is 6.92 Å². The summed E-state index contributed by atoms with van der Waals surface area (Å²) in [6.07, 6.45) is 3.15. The van der Waals surface area contributed by atoms with E-state index in [0.717, 1.165) is 12.1 Å². The van der Waals surface area contributed by atoms with Gasteiger partial charge in [-0.2, -0.15) is 0 Å². The lowest BCUT2D eigenvalue weighted by atomic mass is 10.2. The number of aromatic amines is 1. The first kappa shape index (κ1) is 11.8. The summed E-state index contributed by atoms with van der Waals surface area (Å²) < 4.78 is 0. The number of carbonyl (C=O) groups excluding carboxylic acids is 1.